The number of hydrogen-bond acceptors (Lipinski definition) is 7. The SMILES string of the molecule is COOCc1ccn2c(NCCN3CCOCC3)c(/C=C/C3C=CC(OC)=CC3)nc2c1. The summed E-state index contributed by atoms with van der Waals surface area (Å²) in [6.07, 6.45) is 13.5. The highest BCUT2D eigenvalue weighted by Crippen LogP contribution is 2.24. The van der Waals surface area contributed by atoms with Crippen LogP contribution in [0, 0.1) is 5.92 Å². The Labute approximate surface area is 189 Å². The predicted octanol–water partition coefficient (Wildman–Crippen LogP) is 3.28. The predicted molar refractivity (Wildman–Crippen MR) is 124 cm³/mol. The lowest BCUT2D eigenvalue weighted by Crippen LogP contribution is -2.39. The number of morpholine rings is 1. The molecular weight excluding hydrogens is 408 g/mol. The van der Waals surface area contributed by atoms with Crippen molar-refractivity contribution in [3.63, 3.8) is 0 Å². The minimum atomic E-state index is 0.325. The zero-order valence-electron chi connectivity index (χ0n) is 18.8. The van der Waals surface area contributed by atoms with Gasteiger partial charge in [-0.3, -0.25) is 9.30 Å². The lowest BCUT2D eigenvalue weighted by atomic mass is 9.99. The summed E-state index contributed by atoms with van der Waals surface area (Å²) in [6.45, 7) is 5.77. The highest BCUT2D eigenvalue weighted by molar-refractivity contribution is 5.67. The number of pyridine rings is 1. The van der Waals surface area contributed by atoms with Crippen LogP contribution in [0.4, 0.5) is 5.82 Å². The lowest BCUT2D eigenvalue weighted by molar-refractivity contribution is -0.282. The number of nitrogens with zero attached hydrogens (tertiary/aromatic N) is 3. The molecule has 172 valence electrons. The van der Waals surface area contributed by atoms with Crippen molar-refractivity contribution >= 4 is 17.5 Å². The van der Waals surface area contributed by atoms with Crippen molar-refractivity contribution < 1.29 is 19.2 Å². The highest BCUT2D eigenvalue weighted by Gasteiger charge is 2.14. The first-order valence-corrected chi connectivity index (χ1v) is 11.1. The summed E-state index contributed by atoms with van der Waals surface area (Å²) in [5.74, 6) is 2.24. The van der Waals surface area contributed by atoms with Gasteiger partial charge in [-0.25, -0.2) is 14.8 Å². The van der Waals surface area contributed by atoms with Crippen molar-refractivity contribution in [2.24, 2.45) is 5.92 Å². The van der Waals surface area contributed by atoms with Gasteiger partial charge in [-0.2, -0.15) is 0 Å². The number of rotatable bonds is 10. The fraction of sp³-hybridized carbons (Fsp3) is 0.458. The molecule has 1 saturated heterocycles. The molecule has 2 aromatic heterocycles. The van der Waals surface area contributed by atoms with E-state index >= 15 is 0 Å². The molecule has 1 N–H and O–H groups in total. The van der Waals surface area contributed by atoms with Crippen molar-refractivity contribution in [3.05, 3.63) is 59.7 Å². The van der Waals surface area contributed by atoms with Crippen molar-refractivity contribution in [1.29, 1.82) is 0 Å². The minimum absolute atomic E-state index is 0.325. The summed E-state index contributed by atoms with van der Waals surface area (Å²) in [5, 5.41) is 3.61. The number of allylic oxidation sites excluding steroid dienone is 4. The molecule has 32 heavy (non-hydrogen) atoms. The molecule has 1 aliphatic heterocycles. The maximum Gasteiger partial charge on any atom is 0.139 e. The lowest BCUT2D eigenvalue weighted by Gasteiger charge is -2.26. The van der Waals surface area contributed by atoms with Gasteiger partial charge in [0.1, 0.15) is 29.5 Å². The van der Waals surface area contributed by atoms with Gasteiger partial charge in [-0.15, -0.1) is 0 Å². The molecule has 0 spiro atoms. The molecule has 0 radical (unpaired) electrons. The van der Waals surface area contributed by atoms with Crippen molar-refractivity contribution in [2.45, 2.75) is 13.0 Å². The number of fused-ring (bicyclic) bond motifs is 1. The van der Waals surface area contributed by atoms with Gasteiger partial charge in [0, 0.05) is 32.4 Å². The number of hydrogen-bond donors (Lipinski definition) is 1. The third-order valence-corrected chi connectivity index (χ3v) is 5.72. The molecule has 2 aliphatic rings. The summed E-state index contributed by atoms with van der Waals surface area (Å²) in [4.78, 5) is 17.1. The monoisotopic (exact) mass is 440 g/mol. The van der Waals surface area contributed by atoms with Crippen LogP contribution >= 0.6 is 0 Å². The second-order valence-electron chi connectivity index (χ2n) is 7.85. The number of aromatic nitrogens is 2. The van der Waals surface area contributed by atoms with Crippen LogP contribution in [-0.2, 0) is 25.9 Å². The molecular formula is C24H32N4O4. The van der Waals surface area contributed by atoms with Crippen LogP contribution in [0.3, 0.4) is 0 Å². The minimum Gasteiger partial charge on any atom is -0.497 e. The third kappa shape index (κ3) is 5.77. The van der Waals surface area contributed by atoms with E-state index in [0.29, 0.717) is 12.5 Å². The van der Waals surface area contributed by atoms with Gasteiger partial charge in [-0.1, -0.05) is 12.2 Å². The summed E-state index contributed by atoms with van der Waals surface area (Å²) >= 11 is 0. The summed E-state index contributed by atoms with van der Waals surface area (Å²) < 4.78 is 12.8. The number of methoxy groups -OCH3 is 1. The first kappa shape index (κ1) is 22.5. The molecule has 1 fully saturated rings. The number of ether oxygens (including phenoxy) is 2. The van der Waals surface area contributed by atoms with E-state index in [-0.39, 0.29) is 0 Å². The molecule has 1 aliphatic carbocycles. The summed E-state index contributed by atoms with van der Waals surface area (Å²) in [5.41, 5.74) is 2.80. The quantitative estimate of drug-likeness (QED) is 0.449. The molecule has 0 bridgehead atoms. The summed E-state index contributed by atoms with van der Waals surface area (Å²) in [7, 11) is 3.21. The normalized spacial score (nSPS) is 19.6. The Morgan fingerprint density at radius 1 is 1.28 bits per heavy atom. The van der Waals surface area contributed by atoms with E-state index in [9.17, 15) is 0 Å². The summed E-state index contributed by atoms with van der Waals surface area (Å²) in [6, 6.07) is 4.05. The number of anilines is 1. The first-order chi connectivity index (χ1) is 15.8. The van der Waals surface area contributed by atoms with E-state index in [1.165, 1.54) is 7.11 Å². The second-order valence-corrected chi connectivity index (χ2v) is 7.85. The zero-order chi connectivity index (χ0) is 22.2. The topological polar surface area (TPSA) is 69.5 Å². The van der Waals surface area contributed by atoms with Crippen LogP contribution in [-0.4, -0.2) is 67.9 Å². The van der Waals surface area contributed by atoms with Gasteiger partial charge in [0.15, 0.2) is 0 Å². The van der Waals surface area contributed by atoms with Crippen molar-refractivity contribution in [2.75, 3.05) is 58.9 Å². The van der Waals surface area contributed by atoms with Gasteiger partial charge in [0.2, 0.25) is 0 Å². The van der Waals surface area contributed by atoms with Gasteiger partial charge in [0.05, 0.1) is 27.4 Å². The Morgan fingerprint density at radius 2 is 2.16 bits per heavy atom. The van der Waals surface area contributed by atoms with E-state index < -0.39 is 0 Å². The molecule has 0 saturated carbocycles. The van der Waals surface area contributed by atoms with Crippen LogP contribution in [0.5, 0.6) is 0 Å². The van der Waals surface area contributed by atoms with Gasteiger partial charge < -0.3 is 14.8 Å². The Hall–Kier alpha value is -2.65. The maximum absolute atomic E-state index is 5.45. The molecule has 2 aromatic rings. The fourth-order valence-corrected chi connectivity index (χ4v) is 3.90. The van der Waals surface area contributed by atoms with Crippen molar-refractivity contribution in [3.8, 4) is 0 Å². The molecule has 4 rings (SSSR count). The largest absolute Gasteiger partial charge is 0.497 e. The highest BCUT2D eigenvalue weighted by atomic mass is 17.2. The molecule has 3 heterocycles. The van der Waals surface area contributed by atoms with E-state index in [1.807, 2.05) is 24.4 Å². The van der Waals surface area contributed by atoms with E-state index in [1.54, 1.807) is 7.11 Å². The second kappa shape index (κ2) is 11.3. The van der Waals surface area contributed by atoms with E-state index in [2.05, 4.69) is 38.9 Å². The smallest absolute Gasteiger partial charge is 0.139 e. The average molecular weight is 441 g/mol. The first-order valence-electron chi connectivity index (χ1n) is 11.1. The average Bonchev–Trinajstić information content (AvgIpc) is 3.19. The van der Waals surface area contributed by atoms with Crippen LogP contribution < -0.4 is 5.32 Å². The van der Waals surface area contributed by atoms with Crippen LogP contribution in [0.1, 0.15) is 17.7 Å². The van der Waals surface area contributed by atoms with Gasteiger partial charge in [0.25, 0.3) is 0 Å². The molecule has 0 aromatic carbocycles. The number of imidazole rings is 1. The van der Waals surface area contributed by atoms with Gasteiger partial charge >= 0.3 is 0 Å². The fourth-order valence-electron chi connectivity index (χ4n) is 3.90. The molecule has 0 amide bonds. The van der Waals surface area contributed by atoms with Crippen molar-refractivity contribution in [1.82, 2.24) is 14.3 Å². The standard InChI is InChI=1S/C24H32N4O4/c1-29-21-6-3-19(4-7-21)5-8-22-24(25-10-12-27-13-15-31-16-14-27)28-11-9-20(18-32-30-2)17-23(28)26-22/h3,5-9,11,17,19,25H,4,10,12-16,18H2,1-2H3/b8-5+. The number of nitrogens with one attached hydrogen (secondary N) is 1. The Bertz CT molecular complexity index is 976. The molecule has 8 nitrogen and oxygen atoms in total. The Morgan fingerprint density at radius 3 is 2.91 bits per heavy atom. The zero-order valence-corrected chi connectivity index (χ0v) is 18.8. The van der Waals surface area contributed by atoms with Crippen LogP contribution in [0.25, 0.3) is 11.7 Å². The van der Waals surface area contributed by atoms with Crippen LogP contribution in [0.2, 0.25) is 0 Å². The van der Waals surface area contributed by atoms with E-state index in [0.717, 1.165) is 74.3 Å². The third-order valence-electron chi connectivity index (χ3n) is 5.72. The van der Waals surface area contributed by atoms with E-state index in [4.69, 9.17) is 24.2 Å². The molecule has 8 heteroatoms. The maximum atomic E-state index is 5.45. The molecule has 1 unspecified atom stereocenters. The van der Waals surface area contributed by atoms with Crippen LogP contribution in [0.15, 0.2) is 48.4 Å². The molecule has 1 atom stereocenters. The van der Waals surface area contributed by atoms with Gasteiger partial charge in [-0.05, 0) is 48.3 Å². The Balaban J connectivity index is 1.51. The Kier molecular flexibility index (Phi) is 7.95.